The van der Waals surface area contributed by atoms with Gasteiger partial charge in [0.15, 0.2) is 0 Å². The molecule has 0 bridgehead atoms. The molecule has 6 nitrogen and oxygen atoms in total. The fraction of sp³-hybridized carbons (Fsp3) is 0.565. The smallest absolute Gasteiger partial charge is 0.318 e. The number of urea groups is 1. The van der Waals surface area contributed by atoms with Crippen LogP contribution in [0.2, 0.25) is 0 Å². The molecule has 0 spiro atoms. The minimum Gasteiger partial charge on any atom is -0.493 e. The summed E-state index contributed by atoms with van der Waals surface area (Å²) in [5, 5.41) is 2.57. The van der Waals surface area contributed by atoms with Gasteiger partial charge < -0.3 is 19.7 Å². The number of allylic oxidation sites excluding steroid dienone is 1. The van der Waals surface area contributed by atoms with Crippen LogP contribution in [0.1, 0.15) is 44.6 Å². The summed E-state index contributed by atoms with van der Waals surface area (Å²) in [5.74, 6) is 2.68. The molecule has 164 valence electrons. The largest absolute Gasteiger partial charge is 0.493 e. The highest BCUT2D eigenvalue weighted by molar-refractivity contribution is 7.97. The Morgan fingerprint density at radius 1 is 1.37 bits per heavy atom. The van der Waals surface area contributed by atoms with Crippen LogP contribution in [0.25, 0.3) is 0 Å². The number of aldehydes is 1. The second-order valence-corrected chi connectivity index (χ2v) is 9.06. The highest BCUT2D eigenvalue weighted by atomic mass is 32.2. The summed E-state index contributed by atoms with van der Waals surface area (Å²) >= 11 is 1.74. The number of hydrogen-bond acceptors (Lipinski definition) is 5. The number of nitrogens with zero attached hydrogens (tertiary/aromatic N) is 1. The topological polar surface area (TPSA) is 70.7 Å². The minimum absolute atomic E-state index is 0.0722. The van der Waals surface area contributed by atoms with E-state index in [-0.39, 0.29) is 11.6 Å². The standard InChI is InChI=1S/C23H33N3O3S/c1-18(16-27)26(22(28)24-2)13-4-3-5-14-30-25-23(11-12-23)20-7-6-8-21(15-20)29-17-19-9-10-19/h3-4,6-8,15-16,18-19,25H,5,9-14,17H2,1-2H3,(H,24,28)/b4-3+. The second-order valence-electron chi connectivity index (χ2n) is 8.16. The number of ether oxygens (including phenoxy) is 1. The van der Waals surface area contributed by atoms with Gasteiger partial charge in [-0.25, -0.2) is 4.79 Å². The second kappa shape index (κ2) is 10.9. The minimum atomic E-state index is -0.440. The Bertz CT molecular complexity index is 747. The average Bonchev–Trinajstić information content (AvgIpc) is 3.69. The van der Waals surface area contributed by atoms with Gasteiger partial charge in [-0.2, -0.15) is 0 Å². The molecule has 1 aromatic carbocycles. The van der Waals surface area contributed by atoms with Crippen LogP contribution in [0.15, 0.2) is 36.4 Å². The number of rotatable bonds is 13. The summed E-state index contributed by atoms with van der Waals surface area (Å²) in [6.45, 7) is 2.99. The van der Waals surface area contributed by atoms with Crippen molar-refractivity contribution < 1.29 is 14.3 Å². The number of amides is 2. The normalized spacial score (nSPS) is 18.1. The average molecular weight is 432 g/mol. The maximum atomic E-state index is 11.8. The molecule has 7 heteroatoms. The predicted molar refractivity (Wildman–Crippen MR) is 122 cm³/mol. The molecule has 2 amide bonds. The zero-order valence-electron chi connectivity index (χ0n) is 17.9. The van der Waals surface area contributed by atoms with Crippen molar-refractivity contribution in [3.63, 3.8) is 0 Å². The van der Waals surface area contributed by atoms with E-state index < -0.39 is 6.04 Å². The zero-order chi connectivity index (χ0) is 21.4. The summed E-state index contributed by atoms with van der Waals surface area (Å²) in [6, 6.07) is 7.83. The van der Waals surface area contributed by atoms with E-state index >= 15 is 0 Å². The van der Waals surface area contributed by atoms with Gasteiger partial charge in [-0.05, 0) is 62.6 Å². The Kier molecular flexibility index (Phi) is 8.22. The van der Waals surface area contributed by atoms with E-state index in [0.717, 1.165) is 49.6 Å². The Morgan fingerprint density at radius 3 is 2.83 bits per heavy atom. The third kappa shape index (κ3) is 6.51. The van der Waals surface area contributed by atoms with E-state index in [2.05, 4.69) is 34.3 Å². The Labute approximate surface area is 183 Å². The molecular weight excluding hydrogens is 398 g/mol. The Balaban J connectivity index is 1.38. The van der Waals surface area contributed by atoms with Crippen LogP contribution < -0.4 is 14.8 Å². The molecule has 2 fully saturated rings. The van der Waals surface area contributed by atoms with Crippen molar-refractivity contribution in [3.8, 4) is 5.75 Å². The molecule has 0 saturated heterocycles. The van der Waals surface area contributed by atoms with Crippen molar-refractivity contribution in [1.82, 2.24) is 14.9 Å². The van der Waals surface area contributed by atoms with Crippen LogP contribution >= 0.6 is 11.9 Å². The van der Waals surface area contributed by atoms with E-state index in [9.17, 15) is 9.59 Å². The van der Waals surface area contributed by atoms with Crippen molar-refractivity contribution >= 4 is 24.3 Å². The van der Waals surface area contributed by atoms with Gasteiger partial charge in [0.1, 0.15) is 12.0 Å². The van der Waals surface area contributed by atoms with Gasteiger partial charge in [-0.15, -0.1) is 0 Å². The molecule has 1 aromatic rings. The first-order valence-corrected chi connectivity index (χ1v) is 11.8. The predicted octanol–water partition coefficient (Wildman–Crippen LogP) is 3.88. The molecule has 0 aliphatic heterocycles. The molecule has 3 rings (SSSR count). The highest BCUT2D eigenvalue weighted by Crippen LogP contribution is 2.47. The molecule has 2 saturated carbocycles. The monoisotopic (exact) mass is 431 g/mol. The third-order valence-electron chi connectivity index (χ3n) is 5.61. The van der Waals surface area contributed by atoms with E-state index in [1.807, 2.05) is 12.1 Å². The van der Waals surface area contributed by atoms with Crippen LogP contribution in [0.4, 0.5) is 4.79 Å². The molecule has 0 aromatic heterocycles. The van der Waals surface area contributed by atoms with Crippen molar-refractivity contribution in [2.75, 3.05) is 26.0 Å². The first-order valence-electron chi connectivity index (χ1n) is 10.8. The number of nitrogens with one attached hydrogen (secondary N) is 2. The summed E-state index contributed by atoms with van der Waals surface area (Å²) in [6.07, 6.45) is 10.6. The number of carbonyl (C=O) groups excluding carboxylic acids is 2. The first kappa shape index (κ1) is 22.7. The lowest BCUT2D eigenvalue weighted by atomic mass is 10.1. The summed E-state index contributed by atoms with van der Waals surface area (Å²) in [4.78, 5) is 24.3. The molecular formula is C23H33N3O3S. The molecule has 30 heavy (non-hydrogen) atoms. The van der Waals surface area contributed by atoms with Gasteiger partial charge in [0.05, 0.1) is 18.2 Å². The van der Waals surface area contributed by atoms with Gasteiger partial charge in [-0.1, -0.05) is 36.2 Å². The molecule has 1 atom stereocenters. The van der Waals surface area contributed by atoms with Gasteiger partial charge in [0.2, 0.25) is 0 Å². The lowest BCUT2D eigenvalue weighted by molar-refractivity contribution is -0.111. The van der Waals surface area contributed by atoms with Gasteiger partial charge in [0.25, 0.3) is 0 Å². The van der Waals surface area contributed by atoms with Crippen molar-refractivity contribution in [1.29, 1.82) is 0 Å². The van der Waals surface area contributed by atoms with Crippen molar-refractivity contribution in [2.45, 2.75) is 50.6 Å². The van der Waals surface area contributed by atoms with Crippen LogP contribution in [-0.4, -0.2) is 49.2 Å². The van der Waals surface area contributed by atoms with E-state index in [4.69, 9.17) is 4.74 Å². The maximum Gasteiger partial charge on any atom is 0.318 e. The van der Waals surface area contributed by atoms with Crippen molar-refractivity contribution in [2.24, 2.45) is 5.92 Å². The number of carbonyl (C=O) groups is 2. The number of hydrogen-bond donors (Lipinski definition) is 2. The van der Waals surface area contributed by atoms with Crippen LogP contribution in [0.3, 0.4) is 0 Å². The maximum absolute atomic E-state index is 11.8. The van der Waals surface area contributed by atoms with Crippen LogP contribution in [0.5, 0.6) is 5.75 Å². The lowest BCUT2D eigenvalue weighted by Crippen LogP contribution is -2.44. The SMILES string of the molecule is CNC(=O)N(C/C=C/CCSNC1(c2cccc(OCC3CC3)c2)CC1)C(C)C=O. The Morgan fingerprint density at radius 2 is 2.17 bits per heavy atom. The highest BCUT2D eigenvalue weighted by Gasteiger charge is 2.44. The van der Waals surface area contributed by atoms with Gasteiger partial charge in [-0.3, -0.25) is 4.72 Å². The van der Waals surface area contributed by atoms with Crippen LogP contribution in [0, 0.1) is 5.92 Å². The van der Waals surface area contributed by atoms with E-state index in [1.54, 1.807) is 25.9 Å². The molecule has 1 unspecified atom stereocenters. The summed E-state index contributed by atoms with van der Waals surface area (Å²) in [7, 11) is 1.57. The first-order chi connectivity index (χ1) is 14.6. The third-order valence-corrected chi connectivity index (χ3v) is 6.58. The molecule has 2 aliphatic carbocycles. The van der Waals surface area contributed by atoms with Gasteiger partial charge >= 0.3 is 6.03 Å². The number of benzene rings is 1. The molecule has 2 N–H and O–H groups in total. The van der Waals surface area contributed by atoms with Gasteiger partial charge in [0, 0.05) is 19.3 Å². The molecule has 0 radical (unpaired) electrons. The van der Waals surface area contributed by atoms with E-state index in [1.165, 1.54) is 23.3 Å². The summed E-state index contributed by atoms with van der Waals surface area (Å²) < 4.78 is 9.59. The molecule has 2 aliphatic rings. The fourth-order valence-electron chi connectivity index (χ4n) is 3.23. The van der Waals surface area contributed by atoms with Crippen LogP contribution in [-0.2, 0) is 10.3 Å². The van der Waals surface area contributed by atoms with Crippen molar-refractivity contribution in [3.05, 3.63) is 42.0 Å². The van der Waals surface area contributed by atoms with E-state index in [0.29, 0.717) is 6.54 Å². The Hall–Kier alpha value is -1.99. The molecule has 0 heterocycles. The lowest BCUT2D eigenvalue weighted by Gasteiger charge is -2.23. The quantitative estimate of drug-likeness (QED) is 0.215. The summed E-state index contributed by atoms with van der Waals surface area (Å²) in [5.41, 5.74) is 1.38. The zero-order valence-corrected chi connectivity index (χ0v) is 18.7. The fourth-order valence-corrected chi connectivity index (χ4v) is 4.18.